The average Bonchev–Trinajstić information content (AvgIpc) is 2.97. The van der Waals surface area contributed by atoms with E-state index in [2.05, 4.69) is 34.8 Å². The van der Waals surface area contributed by atoms with Crippen molar-refractivity contribution in [3.63, 3.8) is 0 Å². The molecule has 0 N–H and O–H groups in total. The van der Waals surface area contributed by atoms with Crippen LogP contribution in [-0.2, 0) is 22.6 Å². The van der Waals surface area contributed by atoms with Gasteiger partial charge in [-0.25, -0.2) is 4.98 Å². The minimum absolute atomic E-state index is 0.00758. The van der Waals surface area contributed by atoms with Gasteiger partial charge in [-0.1, -0.05) is 6.07 Å². The standard InChI is InChI=1S/C19H25N3O2S/c1-14-5-16(8-20-7-14)10-23-17-3-4-24-19(6-17)11-22(12-19)9-18-15(2)21-13-25-18/h5,7-8,13,17H,3-4,6,9-12H2,1-2H3. The summed E-state index contributed by atoms with van der Waals surface area (Å²) in [6.07, 6.45) is 6.02. The molecule has 134 valence electrons. The summed E-state index contributed by atoms with van der Waals surface area (Å²) in [4.78, 5) is 12.4. The Hall–Kier alpha value is -1.34. The minimum Gasteiger partial charge on any atom is -0.373 e. The summed E-state index contributed by atoms with van der Waals surface area (Å²) >= 11 is 1.75. The summed E-state index contributed by atoms with van der Waals surface area (Å²) in [7, 11) is 0. The molecule has 2 aromatic heterocycles. The van der Waals surface area contributed by atoms with Gasteiger partial charge in [0, 0.05) is 49.9 Å². The highest BCUT2D eigenvalue weighted by molar-refractivity contribution is 7.09. The second-order valence-electron chi connectivity index (χ2n) is 7.33. The van der Waals surface area contributed by atoms with Crippen molar-refractivity contribution < 1.29 is 9.47 Å². The van der Waals surface area contributed by atoms with Gasteiger partial charge in [-0.05, 0) is 31.4 Å². The third-order valence-corrected chi connectivity index (χ3v) is 6.02. The van der Waals surface area contributed by atoms with Gasteiger partial charge in [0.2, 0.25) is 0 Å². The molecule has 4 heterocycles. The molecule has 1 unspecified atom stereocenters. The molecule has 0 aliphatic carbocycles. The average molecular weight is 359 g/mol. The highest BCUT2D eigenvalue weighted by Crippen LogP contribution is 2.36. The molecule has 2 aliphatic heterocycles. The first-order valence-corrected chi connectivity index (χ1v) is 9.77. The van der Waals surface area contributed by atoms with Gasteiger partial charge in [-0.2, -0.15) is 0 Å². The molecule has 1 atom stereocenters. The number of pyridine rings is 1. The van der Waals surface area contributed by atoms with E-state index in [1.807, 2.05) is 17.9 Å². The van der Waals surface area contributed by atoms with E-state index in [1.165, 1.54) is 10.4 Å². The number of ether oxygens (including phenoxy) is 2. The molecule has 0 saturated carbocycles. The number of thiazole rings is 1. The number of aryl methyl sites for hydroxylation is 2. The second kappa shape index (κ2) is 7.11. The third kappa shape index (κ3) is 3.92. The Balaban J connectivity index is 1.28. The molecule has 1 spiro atoms. The van der Waals surface area contributed by atoms with Crippen molar-refractivity contribution >= 4 is 11.3 Å². The zero-order valence-electron chi connectivity index (χ0n) is 14.9. The summed E-state index contributed by atoms with van der Waals surface area (Å²) in [5, 5.41) is 0. The minimum atomic E-state index is -0.00758. The smallest absolute Gasteiger partial charge is 0.0959 e. The largest absolute Gasteiger partial charge is 0.373 e. The predicted molar refractivity (Wildman–Crippen MR) is 97.6 cm³/mol. The fourth-order valence-electron chi connectivity index (χ4n) is 3.82. The first-order valence-electron chi connectivity index (χ1n) is 8.89. The maximum absolute atomic E-state index is 6.17. The van der Waals surface area contributed by atoms with Crippen LogP contribution in [0.1, 0.15) is 34.5 Å². The van der Waals surface area contributed by atoms with Crippen molar-refractivity contribution in [3.8, 4) is 0 Å². The molecule has 0 aromatic carbocycles. The highest BCUT2D eigenvalue weighted by Gasteiger charge is 2.47. The lowest BCUT2D eigenvalue weighted by molar-refractivity contribution is -0.200. The van der Waals surface area contributed by atoms with Crippen LogP contribution in [-0.4, -0.2) is 46.3 Å². The number of rotatable bonds is 5. The van der Waals surface area contributed by atoms with E-state index >= 15 is 0 Å². The summed E-state index contributed by atoms with van der Waals surface area (Å²) in [5.74, 6) is 0. The molecule has 2 fully saturated rings. The van der Waals surface area contributed by atoms with Gasteiger partial charge in [-0.15, -0.1) is 11.3 Å². The molecule has 25 heavy (non-hydrogen) atoms. The monoisotopic (exact) mass is 359 g/mol. The summed E-state index contributed by atoms with van der Waals surface area (Å²) in [6, 6.07) is 2.14. The molecular weight excluding hydrogens is 334 g/mol. The molecule has 0 bridgehead atoms. The van der Waals surface area contributed by atoms with Crippen molar-refractivity contribution in [2.24, 2.45) is 0 Å². The lowest BCUT2D eigenvalue weighted by atomic mass is 9.84. The Kier molecular flexibility index (Phi) is 4.86. The van der Waals surface area contributed by atoms with Gasteiger partial charge in [0.15, 0.2) is 0 Å². The summed E-state index contributed by atoms with van der Waals surface area (Å²) in [5.41, 5.74) is 5.41. The van der Waals surface area contributed by atoms with Gasteiger partial charge in [-0.3, -0.25) is 9.88 Å². The Labute approximate surface area is 153 Å². The van der Waals surface area contributed by atoms with Crippen molar-refractivity contribution in [1.82, 2.24) is 14.9 Å². The Morgan fingerprint density at radius 1 is 1.36 bits per heavy atom. The maximum atomic E-state index is 6.17. The summed E-state index contributed by atoms with van der Waals surface area (Å²) in [6.45, 7) is 8.56. The first kappa shape index (κ1) is 17.1. The van der Waals surface area contributed by atoms with E-state index in [4.69, 9.17) is 9.47 Å². The van der Waals surface area contributed by atoms with E-state index in [0.29, 0.717) is 6.61 Å². The molecule has 5 nitrogen and oxygen atoms in total. The van der Waals surface area contributed by atoms with Crippen molar-refractivity contribution in [1.29, 1.82) is 0 Å². The normalized spacial score (nSPS) is 22.9. The van der Waals surface area contributed by atoms with Crippen molar-refractivity contribution in [2.45, 2.75) is 51.5 Å². The maximum Gasteiger partial charge on any atom is 0.0959 e. The Morgan fingerprint density at radius 2 is 2.24 bits per heavy atom. The van der Waals surface area contributed by atoms with Gasteiger partial charge in [0.1, 0.15) is 0 Å². The summed E-state index contributed by atoms with van der Waals surface area (Å²) < 4.78 is 12.3. The van der Waals surface area contributed by atoms with E-state index in [1.54, 1.807) is 11.3 Å². The first-order chi connectivity index (χ1) is 12.1. The quantitative estimate of drug-likeness (QED) is 0.821. The fraction of sp³-hybridized carbons (Fsp3) is 0.579. The number of hydrogen-bond donors (Lipinski definition) is 0. The topological polar surface area (TPSA) is 47.5 Å². The lowest BCUT2D eigenvalue weighted by Gasteiger charge is -2.53. The Bertz CT molecular complexity index is 727. The van der Waals surface area contributed by atoms with Gasteiger partial charge < -0.3 is 9.47 Å². The molecule has 0 amide bonds. The zero-order valence-corrected chi connectivity index (χ0v) is 15.7. The third-order valence-electron chi connectivity index (χ3n) is 5.10. The zero-order chi connectivity index (χ0) is 17.3. The second-order valence-corrected chi connectivity index (χ2v) is 8.27. The van der Waals surface area contributed by atoms with Crippen LogP contribution in [0.5, 0.6) is 0 Å². The molecule has 4 rings (SSSR count). The van der Waals surface area contributed by atoms with Crippen LogP contribution in [0.4, 0.5) is 0 Å². The van der Waals surface area contributed by atoms with Crippen LogP contribution in [0.25, 0.3) is 0 Å². The molecule has 2 aliphatic rings. The van der Waals surface area contributed by atoms with Crippen LogP contribution in [0, 0.1) is 13.8 Å². The van der Waals surface area contributed by atoms with Gasteiger partial charge in [0.05, 0.1) is 29.5 Å². The molecule has 2 aromatic rings. The molecular formula is C19H25N3O2S. The van der Waals surface area contributed by atoms with E-state index < -0.39 is 0 Å². The van der Waals surface area contributed by atoms with Crippen LogP contribution >= 0.6 is 11.3 Å². The van der Waals surface area contributed by atoms with Crippen LogP contribution in [0.2, 0.25) is 0 Å². The SMILES string of the molecule is Cc1cncc(COC2CCOC3(C2)CN(Cc2scnc2C)C3)c1. The van der Waals surface area contributed by atoms with Crippen LogP contribution in [0.3, 0.4) is 0 Å². The van der Waals surface area contributed by atoms with Gasteiger partial charge >= 0.3 is 0 Å². The lowest BCUT2D eigenvalue weighted by Crippen LogP contribution is -2.65. The van der Waals surface area contributed by atoms with E-state index in [9.17, 15) is 0 Å². The predicted octanol–water partition coefficient (Wildman–Crippen LogP) is 3.11. The Morgan fingerprint density at radius 3 is 3.00 bits per heavy atom. The van der Waals surface area contributed by atoms with Crippen LogP contribution < -0.4 is 0 Å². The number of hydrogen-bond acceptors (Lipinski definition) is 6. The van der Waals surface area contributed by atoms with Crippen molar-refractivity contribution in [2.75, 3.05) is 19.7 Å². The number of likely N-dealkylation sites (tertiary alicyclic amines) is 1. The van der Waals surface area contributed by atoms with Gasteiger partial charge in [0.25, 0.3) is 0 Å². The number of aromatic nitrogens is 2. The highest BCUT2D eigenvalue weighted by atomic mass is 32.1. The number of nitrogens with zero attached hydrogens (tertiary/aromatic N) is 3. The fourth-order valence-corrected chi connectivity index (χ4v) is 4.64. The van der Waals surface area contributed by atoms with Crippen LogP contribution in [0.15, 0.2) is 24.0 Å². The van der Waals surface area contributed by atoms with Crippen molar-refractivity contribution in [3.05, 3.63) is 45.7 Å². The molecule has 6 heteroatoms. The molecule has 0 radical (unpaired) electrons. The molecule has 2 saturated heterocycles. The van der Waals surface area contributed by atoms with E-state index in [-0.39, 0.29) is 11.7 Å². The van der Waals surface area contributed by atoms with E-state index in [0.717, 1.165) is 50.3 Å².